The fraction of sp³-hybridized carbons (Fsp3) is 0.739. The van der Waals surface area contributed by atoms with Crippen molar-refractivity contribution in [2.24, 2.45) is 0 Å². The normalized spacial score (nSPS) is 17.6. The molecule has 2 unspecified atom stereocenters. The van der Waals surface area contributed by atoms with E-state index >= 15 is 0 Å². The molecule has 0 spiro atoms. The van der Waals surface area contributed by atoms with E-state index in [1.165, 1.54) is 116 Å². The van der Waals surface area contributed by atoms with Crippen LogP contribution in [0.5, 0.6) is 17.2 Å². The van der Waals surface area contributed by atoms with Crippen LogP contribution in [-0.4, -0.2) is 78.1 Å². The number of unbranched alkanes of at least 4 members (excludes halogenated alkanes) is 18. The van der Waals surface area contributed by atoms with E-state index in [2.05, 4.69) is 13.8 Å². The number of likely N-dealkylation sites (N-methyl/N-ethyl adjacent to an activating group) is 1. The second-order valence-electron chi connectivity index (χ2n) is 16.9. The van der Waals surface area contributed by atoms with Crippen LogP contribution in [-0.2, 0) is 9.09 Å². The van der Waals surface area contributed by atoms with Crippen LogP contribution in [0.4, 0.5) is 0 Å². The van der Waals surface area contributed by atoms with Gasteiger partial charge in [0, 0.05) is 17.4 Å². The van der Waals surface area contributed by atoms with Crippen molar-refractivity contribution in [2.75, 3.05) is 59.0 Å². The lowest BCUT2D eigenvalue weighted by atomic mass is 10.0. The van der Waals surface area contributed by atoms with Gasteiger partial charge in [-0.05, 0) is 48.2 Å². The Bertz CT molecular complexity index is 1370. The maximum Gasteiger partial charge on any atom is 0.527 e. The average Bonchev–Trinajstić information content (AvgIpc) is 3.18. The number of quaternary nitrogens is 1. The fourth-order valence-electron chi connectivity index (χ4n) is 6.92. The zero-order valence-corrected chi connectivity index (χ0v) is 38.8. The summed E-state index contributed by atoms with van der Waals surface area (Å²) in [5.41, 5.74) is 2.00. The number of hydrogen-bond donors (Lipinski definition) is 2. The monoisotopic (exact) mass is 853 g/mol. The van der Waals surface area contributed by atoms with E-state index in [1.807, 2.05) is 51.5 Å². The van der Waals surface area contributed by atoms with Crippen LogP contribution < -0.4 is 14.0 Å². The predicted octanol–water partition coefficient (Wildman–Crippen LogP) is 13.1. The first kappa shape index (κ1) is 50.0. The SMILES string of the molecule is CCCCCCCCCCCCOc1ccc(C(O)C2SCC(c3ccc(OP(=O)(O)OCC[N+](C)(C)C)cc3)CS2)cc1OCCCCCCCCCCCC. The number of aliphatic hydroxyl groups is 1. The minimum atomic E-state index is -4.20. The van der Waals surface area contributed by atoms with Crippen LogP contribution in [0.25, 0.3) is 0 Å². The molecular weight excluding hydrogens is 774 g/mol. The largest absolute Gasteiger partial charge is 0.527 e. The molecule has 2 atom stereocenters. The van der Waals surface area contributed by atoms with Crippen LogP contribution in [0.15, 0.2) is 42.5 Å². The number of phosphoric ester groups is 1. The fourth-order valence-corrected chi connectivity index (χ4v) is 10.8. The average molecular weight is 853 g/mol. The van der Waals surface area contributed by atoms with E-state index in [0.717, 1.165) is 47.0 Å². The van der Waals surface area contributed by atoms with Gasteiger partial charge in [0.25, 0.3) is 0 Å². The highest BCUT2D eigenvalue weighted by Crippen LogP contribution is 2.47. The number of nitrogens with zero attached hydrogens (tertiary/aromatic N) is 1. The van der Waals surface area contributed by atoms with Crippen LogP contribution in [0.3, 0.4) is 0 Å². The Morgan fingerprint density at radius 3 is 1.63 bits per heavy atom. The zero-order valence-electron chi connectivity index (χ0n) is 36.3. The minimum absolute atomic E-state index is 0.00114. The first-order valence-corrected chi connectivity index (χ1v) is 26.0. The molecule has 11 heteroatoms. The second kappa shape index (κ2) is 29.0. The van der Waals surface area contributed by atoms with Crippen LogP contribution in [0, 0.1) is 0 Å². The Balaban J connectivity index is 1.48. The van der Waals surface area contributed by atoms with E-state index in [1.54, 1.807) is 35.7 Å². The maximum atomic E-state index is 12.4. The first-order chi connectivity index (χ1) is 27.5. The van der Waals surface area contributed by atoms with Gasteiger partial charge in [-0.25, -0.2) is 4.57 Å². The highest BCUT2D eigenvalue weighted by atomic mass is 32.2. The van der Waals surface area contributed by atoms with E-state index in [-0.39, 0.29) is 11.2 Å². The van der Waals surface area contributed by atoms with Gasteiger partial charge in [-0.15, -0.1) is 23.5 Å². The summed E-state index contributed by atoms with van der Waals surface area (Å²) in [7, 11) is 1.78. The Labute approximate surface area is 356 Å². The summed E-state index contributed by atoms with van der Waals surface area (Å²) < 4.78 is 36.2. The minimum Gasteiger partial charge on any atom is -0.490 e. The highest BCUT2D eigenvalue weighted by molar-refractivity contribution is 8.17. The van der Waals surface area contributed by atoms with Crippen molar-refractivity contribution in [3.8, 4) is 17.2 Å². The summed E-state index contributed by atoms with van der Waals surface area (Å²) in [6, 6.07) is 13.4. The van der Waals surface area contributed by atoms with Gasteiger partial charge in [0.2, 0.25) is 0 Å². The molecule has 0 amide bonds. The summed E-state index contributed by atoms with van der Waals surface area (Å²) >= 11 is 3.55. The Kier molecular flexibility index (Phi) is 25.4. The summed E-state index contributed by atoms with van der Waals surface area (Å²) in [5.74, 6) is 3.85. The molecule has 1 saturated heterocycles. The van der Waals surface area contributed by atoms with Crippen molar-refractivity contribution in [3.05, 3.63) is 53.6 Å². The zero-order chi connectivity index (χ0) is 41.2. The Morgan fingerprint density at radius 2 is 1.14 bits per heavy atom. The quantitative estimate of drug-likeness (QED) is 0.0413. The number of ether oxygens (including phenoxy) is 2. The van der Waals surface area contributed by atoms with E-state index < -0.39 is 13.9 Å². The van der Waals surface area contributed by atoms with Gasteiger partial charge in [-0.3, -0.25) is 9.42 Å². The molecule has 2 aromatic rings. The molecular formula is C46H79NO7PS2+. The maximum absolute atomic E-state index is 12.4. The lowest BCUT2D eigenvalue weighted by Crippen LogP contribution is -2.37. The molecule has 1 fully saturated rings. The molecule has 0 aromatic heterocycles. The molecule has 8 nitrogen and oxygen atoms in total. The van der Waals surface area contributed by atoms with Gasteiger partial charge >= 0.3 is 7.82 Å². The van der Waals surface area contributed by atoms with Gasteiger partial charge in [-0.1, -0.05) is 148 Å². The van der Waals surface area contributed by atoms with Crippen LogP contribution in [0.2, 0.25) is 0 Å². The van der Waals surface area contributed by atoms with Crippen molar-refractivity contribution in [3.63, 3.8) is 0 Å². The molecule has 3 rings (SSSR count). The number of hydrogen-bond acceptors (Lipinski definition) is 8. The molecule has 1 aliphatic heterocycles. The third kappa shape index (κ3) is 22.1. The summed E-state index contributed by atoms with van der Waals surface area (Å²) in [6.07, 6.45) is 25.2. The number of phosphoric acid groups is 1. The topological polar surface area (TPSA) is 94.5 Å². The number of thioether (sulfide) groups is 2. The molecule has 2 N–H and O–H groups in total. The Morgan fingerprint density at radius 1 is 0.667 bits per heavy atom. The molecule has 0 saturated carbocycles. The van der Waals surface area contributed by atoms with E-state index in [9.17, 15) is 14.6 Å². The molecule has 326 valence electrons. The molecule has 2 aromatic carbocycles. The van der Waals surface area contributed by atoms with Gasteiger partial charge in [0.05, 0.1) is 38.9 Å². The van der Waals surface area contributed by atoms with Crippen molar-refractivity contribution < 1.29 is 37.6 Å². The number of aliphatic hydroxyl groups excluding tert-OH is 1. The summed E-state index contributed by atoms with van der Waals surface area (Å²) in [5, 5.41) is 11.6. The van der Waals surface area contributed by atoms with E-state index in [0.29, 0.717) is 35.9 Å². The van der Waals surface area contributed by atoms with Gasteiger partial charge in [0.1, 0.15) is 25.0 Å². The Hall–Kier alpha value is -1.39. The van der Waals surface area contributed by atoms with Gasteiger partial charge in [-0.2, -0.15) is 0 Å². The van der Waals surface area contributed by atoms with Crippen molar-refractivity contribution >= 4 is 31.3 Å². The lowest BCUT2D eigenvalue weighted by molar-refractivity contribution is -0.870. The smallest absolute Gasteiger partial charge is 0.490 e. The third-order valence-electron chi connectivity index (χ3n) is 10.6. The lowest BCUT2D eigenvalue weighted by Gasteiger charge is -2.31. The molecule has 0 aliphatic carbocycles. The predicted molar refractivity (Wildman–Crippen MR) is 243 cm³/mol. The molecule has 0 radical (unpaired) electrons. The number of benzene rings is 2. The molecule has 1 aliphatic rings. The van der Waals surface area contributed by atoms with Crippen LogP contribution in [0.1, 0.15) is 165 Å². The second-order valence-corrected chi connectivity index (χ2v) is 20.9. The molecule has 0 bridgehead atoms. The van der Waals surface area contributed by atoms with Crippen molar-refractivity contribution in [2.45, 2.75) is 159 Å². The van der Waals surface area contributed by atoms with Crippen LogP contribution >= 0.6 is 31.3 Å². The van der Waals surface area contributed by atoms with Crippen molar-refractivity contribution in [1.29, 1.82) is 0 Å². The summed E-state index contributed by atoms with van der Waals surface area (Å²) in [4.78, 5) is 10.2. The highest BCUT2D eigenvalue weighted by Gasteiger charge is 2.30. The molecule has 57 heavy (non-hydrogen) atoms. The standard InChI is InChI=1S/C46H78NO7PS2/c1-6-8-10-12-14-16-18-20-22-24-33-51-43-31-28-40(36-44(43)52-34-25-23-21-19-17-15-13-11-9-7-2)45(48)46-56-37-41(38-57-46)39-26-29-42(30-27-39)54-55(49,50)53-35-32-47(3,4)5/h26-31,36,41,45-46,48H,6-25,32-35,37-38H2,1-5H3/p+1. The first-order valence-electron chi connectivity index (χ1n) is 22.4. The van der Waals surface area contributed by atoms with E-state index in [4.69, 9.17) is 18.5 Å². The number of rotatable bonds is 33. The summed E-state index contributed by atoms with van der Waals surface area (Å²) in [6.45, 7) is 6.60. The molecule has 1 heterocycles. The van der Waals surface area contributed by atoms with Gasteiger partial charge < -0.3 is 23.6 Å². The third-order valence-corrected chi connectivity index (χ3v) is 14.7. The van der Waals surface area contributed by atoms with Crippen molar-refractivity contribution in [1.82, 2.24) is 0 Å². The van der Waals surface area contributed by atoms with Gasteiger partial charge in [0.15, 0.2) is 11.5 Å².